The smallest absolute Gasteiger partial charge is 0.0609 e. The fourth-order valence-electron chi connectivity index (χ4n) is 2.74. The van der Waals surface area contributed by atoms with E-state index in [2.05, 4.69) is 56.3 Å². The third kappa shape index (κ3) is 11.1. The first-order valence-corrected chi connectivity index (χ1v) is 9.70. The predicted octanol–water partition coefficient (Wildman–Crippen LogP) is 7.03. The van der Waals surface area contributed by atoms with Crippen LogP contribution in [-0.4, -0.2) is 12.7 Å². The number of hydrogen-bond acceptors (Lipinski definition) is 1. The Morgan fingerprint density at radius 1 is 0.870 bits per heavy atom. The van der Waals surface area contributed by atoms with Gasteiger partial charge in [-0.3, -0.25) is 0 Å². The third-order valence-electron chi connectivity index (χ3n) is 4.24. The van der Waals surface area contributed by atoms with Crippen LogP contribution in [0.15, 0.2) is 36.4 Å². The predicted molar refractivity (Wildman–Crippen MR) is 103 cm³/mol. The van der Waals surface area contributed by atoms with Crippen LogP contribution in [0.1, 0.15) is 83.6 Å². The van der Waals surface area contributed by atoms with Crippen LogP contribution in [-0.2, 0) is 4.74 Å². The maximum Gasteiger partial charge on any atom is 0.0609 e. The molecule has 0 heterocycles. The van der Waals surface area contributed by atoms with Gasteiger partial charge in [0.1, 0.15) is 0 Å². The van der Waals surface area contributed by atoms with E-state index in [0.717, 1.165) is 13.0 Å². The van der Waals surface area contributed by atoms with Crippen LogP contribution >= 0.6 is 0 Å². The summed E-state index contributed by atoms with van der Waals surface area (Å²) in [6.07, 6.45) is 17.7. The molecule has 0 aliphatic heterocycles. The van der Waals surface area contributed by atoms with Crippen molar-refractivity contribution in [3.8, 4) is 0 Å². The van der Waals surface area contributed by atoms with E-state index in [1.165, 1.54) is 63.4 Å². The molecule has 0 saturated carbocycles. The molecule has 1 aromatic carbocycles. The molecule has 23 heavy (non-hydrogen) atoms. The van der Waals surface area contributed by atoms with Crippen LogP contribution in [0.2, 0.25) is 0 Å². The highest BCUT2D eigenvalue weighted by Gasteiger charge is 2.07. The lowest BCUT2D eigenvalue weighted by molar-refractivity contribution is 0.0460. The van der Waals surface area contributed by atoms with Gasteiger partial charge in [0, 0.05) is 6.61 Å². The Hall–Kier alpha value is -1.08. The van der Waals surface area contributed by atoms with E-state index in [1.54, 1.807) is 0 Å². The van der Waals surface area contributed by atoms with Crippen LogP contribution < -0.4 is 0 Å². The zero-order valence-corrected chi connectivity index (χ0v) is 15.3. The van der Waals surface area contributed by atoms with Gasteiger partial charge in [0.15, 0.2) is 0 Å². The van der Waals surface area contributed by atoms with Gasteiger partial charge < -0.3 is 4.74 Å². The molecule has 130 valence electrons. The van der Waals surface area contributed by atoms with Crippen molar-refractivity contribution in [1.29, 1.82) is 0 Å². The quantitative estimate of drug-likeness (QED) is 0.335. The Morgan fingerprint density at radius 2 is 1.57 bits per heavy atom. The molecule has 1 atom stereocenters. The second-order valence-electron chi connectivity index (χ2n) is 6.45. The summed E-state index contributed by atoms with van der Waals surface area (Å²) >= 11 is 0. The van der Waals surface area contributed by atoms with Crippen molar-refractivity contribution in [3.63, 3.8) is 0 Å². The SMILES string of the molecule is CCCCCCCCC(CC=Cc1ccccc1)OCCCC. The van der Waals surface area contributed by atoms with Gasteiger partial charge in [0.05, 0.1) is 6.10 Å². The summed E-state index contributed by atoms with van der Waals surface area (Å²) in [5.41, 5.74) is 1.28. The maximum absolute atomic E-state index is 6.10. The summed E-state index contributed by atoms with van der Waals surface area (Å²) in [4.78, 5) is 0. The molecule has 1 nitrogen and oxygen atoms in total. The van der Waals surface area contributed by atoms with Crippen LogP contribution in [0.3, 0.4) is 0 Å². The highest BCUT2D eigenvalue weighted by molar-refractivity contribution is 5.48. The Balaban J connectivity index is 2.28. The average molecular weight is 317 g/mol. The highest BCUT2D eigenvalue weighted by Crippen LogP contribution is 2.14. The first-order chi connectivity index (χ1) is 11.4. The lowest BCUT2D eigenvalue weighted by Crippen LogP contribution is -2.13. The lowest BCUT2D eigenvalue weighted by atomic mass is 10.0. The van der Waals surface area contributed by atoms with E-state index in [-0.39, 0.29) is 0 Å². The van der Waals surface area contributed by atoms with E-state index < -0.39 is 0 Å². The first-order valence-electron chi connectivity index (χ1n) is 9.70. The van der Waals surface area contributed by atoms with E-state index in [1.807, 2.05) is 0 Å². The van der Waals surface area contributed by atoms with Gasteiger partial charge in [-0.15, -0.1) is 0 Å². The molecule has 1 unspecified atom stereocenters. The fraction of sp³-hybridized carbons (Fsp3) is 0.636. The van der Waals surface area contributed by atoms with Crippen molar-refractivity contribution in [2.75, 3.05) is 6.61 Å². The molecule has 0 aromatic heterocycles. The number of benzene rings is 1. The largest absolute Gasteiger partial charge is 0.378 e. The summed E-state index contributed by atoms with van der Waals surface area (Å²) in [7, 11) is 0. The highest BCUT2D eigenvalue weighted by atomic mass is 16.5. The number of ether oxygens (including phenoxy) is 1. The Labute approximate surface area is 144 Å². The van der Waals surface area contributed by atoms with Crippen molar-refractivity contribution in [2.45, 2.75) is 84.2 Å². The zero-order chi connectivity index (χ0) is 16.6. The average Bonchev–Trinajstić information content (AvgIpc) is 2.58. The van der Waals surface area contributed by atoms with Gasteiger partial charge in [-0.1, -0.05) is 101 Å². The normalized spacial score (nSPS) is 12.8. The molecule has 0 spiro atoms. The Bertz CT molecular complexity index is 382. The van der Waals surface area contributed by atoms with Gasteiger partial charge in [0.2, 0.25) is 0 Å². The van der Waals surface area contributed by atoms with E-state index in [0.29, 0.717) is 6.10 Å². The Kier molecular flexibility index (Phi) is 12.6. The van der Waals surface area contributed by atoms with E-state index in [9.17, 15) is 0 Å². The van der Waals surface area contributed by atoms with Crippen molar-refractivity contribution in [2.24, 2.45) is 0 Å². The van der Waals surface area contributed by atoms with Gasteiger partial charge in [-0.05, 0) is 24.8 Å². The molecule has 0 N–H and O–H groups in total. The van der Waals surface area contributed by atoms with E-state index in [4.69, 9.17) is 4.74 Å². The second kappa shape index (κ2) is 14.5. The summed E-state index contributed by atoms with van der Waals surface area (Å²) < 4.78 is 6.10. The van der Waals surface area contributed by atoms with E-state index >= 15 is 0 Å². The molecule has 0 bridgehead atoms. The molecule has 0 fully saturated rings. The van der Waals surface area contributed by atoms with Crippen LogP contribution in [0, 0.1) is 0 Å². The van der Waals surface area contributed by atoms with Gasteiger partial charge in [-0.25, -0.2) is 0 Å². The van der Waals surface area contributed by atoms with Gasteiger partial charge >= 0.3 is 0 Å². The molecule has 1 heteroatoms. The standard InChI is InChI=1S/C22H36O/c1-3-5-7-8-9-13-18-22(23-20-6-4-2)19-14-17-21-15-11-10-12-16-21/h10-12,14-17,22H,3-9,13,18-20H2,1-2H3. The topological polar surface area (TPSA) is 9.23 Å². The van der Waals surface area contributed by atoms with Crippen LogP contribution in [0.25, 0.3) is 6.08 Å². The lowest BCUT2D eigenvalue weighted by Gasteiger charge is -2.16. The van der Waals surface area contributed by atoms with Crippen molar-refractivity contribution in [3.05, 3.63) is 42.0 Å². The van der Waals surface area contributed by atoms with Crippen LogP contribution in [0.4, 0.5) is 0 Å². The maximum atomic E-state index is 6.10. The first kappa shape index (κ1) is 20.0. The summed E-state index contributed by atoms with van der Waals surface area (Å²) in [5, 5.41) is 0. The molecular formula is C22H36O. The van der Waals surface area contributed by atoms with Crippen LogP contribution in [0.5, 0.6) is 0 Å². The minimum absolute atomic E-state index is 0.396. The fourth-order valence-corrected chi connectivity index (χ4v) is 2.74. The monoisotopic (exact) mass is 316 g/mol. The molecule has 1 rings (SSSR count). The van der Waals surface area contributed by atoms with Crippen molar-refractivity contribution < 1.29 is 4.74 Å². The third-order valence-corrected chi connectivity index (χ3v) is 4.24. The molecule has 1 aromatic rings. The minimum Gasteiger partial charge on any atom is -0.378 e. The minimum atomic E-state index is 0.396. The molecule has 0 aliphatic carbocycles. The van der Waals surface area contributed by atoms with Gasteiger partial charge in [0.25, 0.3) is 0 Å². The van der Waals surface area contributed by atoms with Crippen molar-refractivity contribution >= 4 is 6.08 Å². The molecule has 0 saturated heterocycles. The summed E-state index contributed by atoms with van der Waals surface area (Å²) in [5.74, 6) is 0. The molecule has 0 aliphatic rings. The molecule has 0 amide bonds. The zero-order valence-electron chi connectivity index (χ0n) is 15.3. The number of hydrogen-bond donors (Lipinski definition) is 0. The summed E-state index contributed by atoms with van der Waals surface area (Å²) in [6.45, 7) is 5.41. The van der Waals surface area contributed by atoms with Gasteiger partial charge in [-0.2, -0.15) is 0 Å². The second-order valence-corrected chi connectivity index (χ2v) is 6.45. The Morgan fingerprint density at radius 3 is 2.30 bits per heavy atom. The van der Waals surface area contributed by atoms with Crippen molar-refractivity contribution in [1.82, 2.24) is 0 Å². The number of rotatable bonds is 14. The molecule has 0 radical (unpaired) electrons. The number of unbranched alkanes of at least 4 members (excludes halogenated alkanes) is 6. The molecular weight excluding hydrogens is 280 g/mol. The summed E-state index contributed by atoms with van der Waals surface area (Å²) in [6, 6.07) is 10.5.